The molecule has 0 saturated carbocycles. The highest BCUT2D eigenvalue weighted by Gasteiger charge is 2.12. The van der Waals surface area contributed by atoms with Crippen LogP contribution in [-0.2, 0) is 0 Å². The zero-order valence-electron chi connectivity index (χ0n) is 10.9. The fourth-order valence-corrected chi connectivity index (χ4v) is 1.95. The summed E-state index contributed by atoms with van der Waals surface area (Å²) in [4.78, 5) is 4.04. The molecule has 0 aliphatic heterocycles. The molecular weight excluding hydrogens is 246 g/mol. The van der Waals surface area contributed by atoms with E-state index in [2.05, 4.69) is 10.3 Å². The molecule has 2 nitrogen and oxygen atoms in total. The summed E-state index contributed by atoms with van der Waals surface area (Å²) >= 11 is 0. The molecule has 2 aromatic rings. The summed E-state index contributed by atoms with van der Waals surface area (Å²) in [7, 11) is 0. The lowest BCUT2D eigenvalue weighted by Gasteiger charge is -2.20. The number of nitrogens with zero attached hydrogens (tertiary/aromatic N) is 1. The van der Waals surface area contributed by atoms with Gasteiger partial charge in [0.2, 0.25) is 0 Å². The maximum atomic E-state index is 12.8. The van der Waals surface area contributed by atoms with E-state index in [1.54, 1.807) is 18.2 Å². The van der Waals surface area contributed by atoms with Gasteiger partial charge in [0.05, 0.1) is 11.9 Å². The van der Waals surface area contributed by atoms with E-state index >= 15 is 0 Å². The van der Waals surface area contributed by atoms with Crippen LogP contribution in [0.15, 0.2) is 42.6 Å². The first-order chi connectivity index (χ1) is 9.06. The van der Waals surface area contributed by atoms with Gasteiger partial charge >= 0.3 is 0 Å². The van der Waals surface area contributed by atoms with Crippen LogP contribution in [0.4, 0.5) is 8.78 Å². The lowest BCUT2D eigenvalue weighted by molar-refractivity contribution is 0.483. The molecule has 4 heteroatoms. The monoisotopic (exact) mass is 262 g/mol. The topological polar surface area (TPSA) is 24.9 Å². The molecule has 0 fully saturated rings. The predicted octanol–water partition coefficient (Wildman–Crippen LogP) is 3.77. The van der Waals surface area contributed by atoms with Gasteiger partial charge < -0.3 is 5.32 Å². The number of rotatable bonds is 4. The van der Waals surface area contributed by atoms with Crippen molar-refractivity contribution in [2.75, 3.05) is 0 Å². The van der Waals surface area contributed by atoms with E-state index < -0.39 is 0 Å². The van der Waals surface area contributed by atoms with Crippen molar-refractivity contribution < 1.29 is 8.78 Å². The zero-order valence-corrected chi connectivity index (χ0v) is 10.9. The molecule has 0 amide bonds. The Balaban J connectivity index is 2.03. The Kier molecular flexibility index (Phi) is 4.22. The largest absolute Gasteiger partial charge is 0.302 e. The Hall–Kier alpha value is -1.81. The third kappa shape index (κ3) is 3.58. The summed E-state index contributed by atoms with van der Waals surface area (Å²) in [6.07, 6.45) is 1.20. The number of nitrogens with one attached hydrogen (secondary N) is 1. The number of hydrogen-bond acceptors (Lipinski definition) is 2. The summed E-state index contributed by atoms with van der Waals surface area (Å²) in [6.45, 7) is 3.95. The minimum atomic E-state index is -0.345. The number of pyridine rings is 1. The molecule has 0 spiro atoms. The first-order valence-electron chi connectivity index (χ1n) is 6.19. The van der Waals surface area contributed by atoms with Crippen molar-refractivity contribution in [2.45, 2.75) is 25.9 Å². The van der Waals surface area contributed by atoms with Gasteiger partial charge in [-0.3, -0.25) is 4.98 Å². The molecule has 2 atom stereocenters. The van der Waals surface area contributed by atoms with Crippen molar-refractivity contribution in [3.05, 3.63) is 65.5 Å². The van der Waals surface area contributed by atoms with Crippen LogP contribution in [0, 0.1) is 11.6 Å². The maximum Gasteiger partial charge on any atom is 0.141 e. The zero-order chi connectivity index (χ0) is 13.8. The summed E-state index contributed by atoms with van der Waals surface area (Å²) in [5.74, 6) is -0.591. The molecule has 2 unspecified atom stereocenters. The second-order valence-electron chi connectivity index (χ2n) is 4.56. The molecule has 1 aromatic carbocycles. The van der Waals surface area contributed by atoms with Crippen LogP contribution in [0.3, 0.4) is 0 Å². The van der Waals surface area contributed by atoms with Crippen LogP contribution >= 0.6 is 0 Å². The molecular formula is C15H16F2N2. The summed E-state index contributed by atoms with van der Waals surface area (Å²) in [6, 6.07) is 9.47. The van der Waals surface area contributed by atoms with Gasteiger partial charge in [-0.05, 0) is 43.7 Å². The maximum absolute atomic E-state index is 12.8. The number of benzene rings is 1. The molecule has 2 rings (SSSR count). The quantitative estimate of drug-likeness (QED) is 0.907. The summed E-state index contributed by atoms with van der Waals surface area (Å²) in [5.41, 5.74) is 1.77. The first kappa shape index (κ1) is 13.6. The van der Waals surface area contributed by atoms with Crippen molar-refractivity contribution in [3.8, 4) is 0 Å². The van der Waals surface area contributed by atoms with Crippen molar-refractivity contribution in [2.24, 2.45) is 0 Å². The molecule has 0 aliphatic rings. The van der Waals surface area contributed by atoms with E-state index in [1.165, 1.54) is 24.4 Å². The van der Waals surface area contributed by atoms with E-state index in [1.807, 2.05) is 13.8 Å². The summed E-state index contributed by atoms with van der Waals surface area (Å²) < 4.78 is 25.6. The highest BCUT2D eigenvalue weighted by molar-refractivity contribution is 5.20. The third-order valence-corrected chi connectivity index (χ3v) is 3.06. The second-order valence-corrected chi connectivity index (χ2v) is 4.56. The van der Waals surface area contributed by atoms with Crippen LogP contribution in [0.25, 0.3) is 0 Å². The van der Waals surface area contributed by atoms with Gasteiger partial charge in [0.25, 0.3) is 0 Å². The van der Waals surface area contributed by atoms with Gasteiger partial charge in [-0.25, -0.2) is 8.78 Å². The molecule has 1 aromatic heterocycles. The van der Waals surface area contributed by atoms with Crippen molar-refractivity contribution in [1.29, 1.82) is 0 Å². The normalized spacial score (nSPS) is 14.1. The fraction of sp³-hybridized carbons (Fsp3) is 0.267. The van der Waals surface area contributed by atoms with Crippen molar-refractivity contribution in [1.82, 2.24) is 10.3 Å². The third-order valence-electron chi connectivity index (χ3n) is 3.06. The van der Waals surface area contributed by atoms with Crippen molar-refractivity contribution in [3.63, 3.8) is 0 Å². The highest BCUT2D eigenvalue weighted by atomic mass is 19.1. The molecule has 19 heavy (non-hydrogen) atoms. The van der Waals surface area contributed by atoms with Crippen LogP contribution in [0.5, 0.6) is 0 Å². The Morgan fingerprint density at radius 2 is 1.53 bits per heavy atom. The molecule has 1 heterocycles. The van der Waals surface area contributed by atoms with Gasteiger partial charge in [-0.1, -0.05) is 12.1 Å². The molecule has 0 saturated heterocycles. The Morgan fingerprint density at radius 3 is 2.11 bits per heavy atom. The smallest absolute Gasteiger partial charge is 0.141 e. The highest BCUT2D eigenvalue weighted by Crippen LogP contribution is 2.18. The fourth-order valence-electron chi connectivity index (χ4n) is 1.95. The van der Waals surface area contributed by atoms with Crippen LogP contribution < -0.4 is 5.32 Å². The molecule has 0 radical (unpaired) electrons. The standard InChI is InChI=1S/C15H16F2N2/c1-10(12-3-5-13(16)6-4-12)19-11(2)15-8-7-14(17)9-18-15/h3-11,19H,1-2H3. The molecule has 0 bridgehead atoms. The second kappa shape index (κ2) is 5.89. The van der Waals surface area contributed by atoms with Crippen LogP contribution in [0.2, 0.25) is 0 Å². The molecule has 100 valence electrons. The van der Waals surface area contributed by atoms with Gasteiger partial charge in [0, 0.05) is 12.1 Å². The van der Waals surface area contributed by atoms with E-state index in [4.69, 9.17) is 0 Å². The Labute approximate surface area is 111 Å². The van der Waals surface area contributed by atoms with Gasteiger partial charge in [0.15, 0.2) is 0 Å². The Morgan fingerprint density at radius 1 is 0.895 bits per heavy atom. The minimum absolute atomic E-state index is 0.0133. The number of hydrogen-bond donors (Lipinski definition) is 1. The van der Waals surface area contributed by atoms with E-state index in [-0.39, 0.29) is 23.7 Å². The lowest BCUT2D eigenvalue weighted by Crippen LogP contribution is -2.23. The van der Waals surface area contributed by atoms with Gasteiger partial charge in [-0.2, -0.15) is 0 Å². The lowest BCUT2D eigenvalue weighted by atomic mass is 10.1. The van der Waals surface area contributed by atoms with Gasteiger partial charge in [0.1, 0.15) is 11.6 Å². The van der Waals surface area contributed by atoms with Crippen molar-refractivity contribution >= 4 is 0 Å². The van der Waals surface area contributed by atoms with E-state index in [0.717, 1.165) is 11.3 Å². The van der Waals surface area contributed by atoms with Crippen LogP contribution in [-0.4, -0.2) is 4.98 Å². The Bertz CT molecular complexity index is 473. The van der Waals surface area contributed by atoms with E-state index in [0.29, 0.717) is 0 Å². The first-order valence-corrected chi connectivity index (χ1v) is 6.19. The summed E-state index contributed by atoms with van der Waals surface area (Å²) in [5, 5.41) is 3.34. The minimum Gasteiger partial charge on any atom is -0.302 e. The van der Waals surface area contributed by atoms with Crippen LogP contribution in [0.1, 0.15) is 37.2 Å². The predicted molar refractivity (Wildman–Crippen MR) is 70.6 cm³/mol. The average molecular weight is 262 g/mol. The number of halogens is 2. The average Bonchev–Trinajstić information content (AvgIpc) is 2.40. The molecule has 0 aliphatic carbocycles. The number of aromatic nitrogens is 1. The van der Waals surface area contributed by atoms with E-state index in [9.17, 15) is 8.78 Å². The van der Waals surface area contributed by atoms with Gasteiger partial charge in [-0.15, -0.1) is 0 Å². The SMILES string of the molecule is CC(NC(C)c1ccc(F)cn1)c1ccc(F)cc1. The molecule has 1 N–H and O–H groups in total.